The van der Waals surface area contributed by atoms with Crippen molar-refractivity contribution in [3.05, 3.63) is 46.2 Å². The van der Waals surface area contributed by atoms with E-state index in [1.54, 1.807) is 24.3 Å². The highest BCUT2D eigenvalue weighted by molar-refractivity contribution is 7.99. The van der Waals surface area contributed by atoms with E-state index in [-0.39, 0.29) is 12.1 Å². The summed E-state index contributed by atoms with van der Waals surface area (Å²) in [4.78, 5) is 18.9. The third-order valence-corrected chi connectivity index (χ3v) is 4.37. The number of H-pyrrole nitrogens is 1. The monoisotopic (exact) mass is 350 g/mol. The molecule has 9 heteroatoms. The van der Waals surface area contributed by atoms with E-state index in [1.807, 2.05) is 12.1 Å². The summed E-state index contributed by atoms with van der Waals surface area (Å²) in [6, 6.07) is 10.8. The summed E-state index contributed by atoms with van der Waals surface area (Å²) in [6.45, 7) is 0.216. The van der Waals surface area contributed by atoms with Gasteiger partial charge in [0.1, 0.15) is 11.6 Å². The molecule has 120 valence electrons. The van der Waals surface area contributed by atoms with Gasteiger partial charge < -0.3 is 4.98 Å². The second-order valence-corrected chi connectivity index (χ2v) is 7.50. The number of nitrogens with zero attached hydrogens (tertiary/aromatic N) is 2. The van der Waals surface area contributed by atoms with Crippen LogP contribution in [0.1, 0.15) is 5.56 Å². The molecule has 0 aliphatic heterocycles. The van der Waals surface area contributed by atoms with Crippen LogP contribution in [0.15, 0.2) is 40.3 Å². The number of benzene rings is 1. The quantitative estimate of drug-likeness (QED) is 0.455. The molecule has 2 N–H and O–H groups in total. The molecule has 0 atom stereocenters. The van der Waals surface area contributed by atoms with Gasteiger partial charge >= 0.3 is 0 Å². The highest BCUT2D eigenvalue weighted by atomic mass is 32.2. The standard InChI is InChI=1S/C14H14N4O3S2/c1-23(20,21)16-7-8-22-14-17-12(10-5-3-2-4-6-10)11(9-15)13(19)18-14/h2-6,16H,7-8H2,1H3,(H,17,18,19). The van der Waals surface area contributed by atoms with E-state index in [0.29, 0.717) is 22.2 Å². The zero-order valence-corrected chi connectivity index (χ0v) is 13.9. The van der Waals surface area contributed by atoms with E-state index in [9.17, 15) is 13.2 Å². The Morgan fingerprint density at radius 1 is 1.35 bits per heavy atom. The van der Waals surface area contributed by atoms with Crippen LogP contribution in [0.2, 0.25) is 0 Å². The van der Waals surface area contributed by atoms with Crippen molar-refractivity contribution in [1.29, 1.82) is 5.26 Å². The molecule has 23 heavy (non-hydrogen) atoms. The molecule has 2 rings (SSSR count). The molecule has 0 aliphatic carbocycles. The van der Waals surface area contributed by atoms with Gasteiger partial charge in [0.2, 0.25) is 10.0 Å². The Kier molecular flexibility index (Phi) is 5.54. The van der Waals surface area contributed by atoms with Crippen molar-refractivity contribution in [2.45, 2.75) is 5.16 Å². The van der Waals surface area contributed by atoms with Crippen LogP contribution in [0.3, 0.4) is 0 Å². The fraction of sp³-hybridized carbons (Fsp3) is 0.214. The minimum Gasteiger partial charge on any atom is -0.300 e. The molecule has 0 amide bonds. The van der Waals surface area contributed by atoms with Crippen molar-refractivity contribution in [2.24, 2.45) is 0 Å². The van der Waals surface area contributed by atoms with Crippen LogP contribution in [0.5, 0.6) is 0 Å². The lowest BCUT2D eigenvalue weighted by Gasteiger charge is -2.06. The minimum atomic E-state index is -3.25. The Bertz CT molecular complexity index is 886. The van der Waals surface area contributed by atoms with E-state index in [2.05, 4.69) is 14.7 Å². The molecule has 0 radical (unpaired) electrons. The maximum Gasteiger partial charge on any atom is 0.270 e. The summed E-state index contributed by atoms with van der Waals surface area (Å²) >= 11 is 1.20. The molecular weight excluding hydrogens is 336 g/mol. The predicted octanol–water partition coefficient (Wildman–Crippen LogP) is 0.950. The summed E-state index contributed by atoms with van der Waals surface area (Å²) in [5.41, 5.74) is 0.427. The van der Waals surface area contributed by atoms with Crippen LogP contribution < -0.4 is 10.3 Å². The summed E-state index contributed by atoms with van der Waals surface area (Å²) in [6.07, 6.45) is 1.08. The Balaban J connectivity index is 2.25. The molecule has 7 nitrogen and oxygen atoms in total. The van der Waals surface area contributed by atoms with Gasteiger partial charge in [0.05, 0.1) is 11.9 Å². The van der Waals surface area contributed by atoms with Gasteiger partial charge in [0.25, 0.3) is 5.56 Å². The topological polar surface area (TPSA) is 116 Å². The van der Waals surface area contributed by atoms with Gasteiger partial charge in [-0.3, -0.25) is 4.79 Å². The molecule has 0 unspecified atom stereocenters. The molecule has 1 heterocycles. The van der Waals surface area contributed by atoms with Gasteiger partial charge in [-0.2, -0.15) is 5.26 Å². The Morgan fingerprint density at radius 2 is 2.04 bits per heavy atom. The largest absolute Gasteiger partial charge is 0.300 e. The van der Waals surface area contributed by atoms with Gasteiger partial charge in [0, 0.05) is 17.9 Å². The number of hydrogen-bond acceptors (Lipinski definition) is 6. The van der Waals surface area contributed by atoms with Crippen molar-refractivity contribution in [2.75, 3.05) is 18.6 Å². The van der Waals surface area contributed by atoms with Crippen molar-refractivity contribution >= 4 is 21.8 Å². The van der Waals surface area contributed by atoms with Crippen LogP contribution in [0.4, 0.5) is 0 Å². The van der Waals surface area contributed by atoms with Crippen LogP contribution in [0.25, 0.3) is 11.3 Å². The fourth-order valence-electron chi connectivity index (χ4n) is 1.80. The molecule has 0 saturated heterocycles. The predicted molar refractivity (Wildman–Crippen MR) is 88.6 cm³/mol. The van der Waals surface area contributed by atoms with Gasteiger partial charge in [-0.1, -0.05) is 42.1 Å². The second-order valence-electron chi connectivity index (χ2n) is 4.59. The van der Waals surface area contributed by atoms with Gasteiger partial charge in [-0.15, -0.1) is 0 Å². The Hall–Kier alpha value is -2.15. The Morgan fingerprint density at radius 3 is 2.65 bits per heavy atom. The SMILES string of the molecule is CS(=O)(=O)NCCSc1nc(-c2ccccc2)c(C#N)c(=O)[nH]1. The smallest absolute Gasteiger partial charge is 0.270 e. The lowest BCUT2D eigenvalue weighted by Crippen LogP contribution is -2.24. The molecule has 0 fully saturated rings. The lowest BCUT2D eigenvalue weighted by atomic mass is 10.1. The lowest BCUT2D eigenvalue weighted by molar-refractivity contribution is 0.590. The summed E-state index contributed by atoms with van der Waals surface area (Å²) in [5.74, 6) is 0.399. The first kappa shape index (κ1) is 17.2. The molecule has 0 saturated carbocycles. The number of aromatic nitrogens is 2. The van der Waals surface area contributed by atoms with Crippen LogP contribution in [-0.2, 0) is 10.0 Å². The van der Waals surface area contributed by atoms with E-state index < -0.39 is 15.6 Å². The summed E-state index contributed by atoms with van der Waals surface area (Å²) in [5, 5.41) is 9.50. The van der Waals surface area contributed by atoms with Gasteiger partial charge in [-0.25, -0.2) is 18.1 Å². The van der Waals surface area contributed by atoms with E-state index in [1.165, 1.54) is 11.8 Å². The average molecular weight is 350 g/mol. The Labute approximate surface area is 137 Å². The molecule has 2 aromatic rings. The van der Waals surface area contributed by atoms with E-state index >= 15 is 0 Å². The fourth-order valence-corrected chi connectivity index (χ4v) is 3.12. The second kappa shape index (κ2) is 7.41. The number of nitrogens with one attached hydrogen (secondary N) is 2. The number of nitriles is 1. The van der Waals surface area contributed by atoms with Gasteiger partial charge in [0.15, 0.2) is 5.16 Å². The van der Waals surface area contributed by atoms with Crippen molar-refractivity contribution in [3.8, 4) is 17.3 Å². The zero-order chi connectivity index (χ0) is 16.9. The van der Waals surface area contributed by atoms with E-state index in [0.717, 1.165) is 6.26 Å². The van der Waals surface area contributed by atoms with Crippen molar-refractivity contribution in [1.82, 2.24) is 14.7 Å². The zero-order valence-electron chi connectivity index (χ0n) is 12.2. The molecule has 0 spiro atoms. The van der Waals surface area contributed by atoms with Crippen LogP contribution >= 0.6 is 11.8 Å². The molecule has 0 aliphatic rings. The minimum absolute atomic E-state index is 0.0465. The maximum absolute atomic E-state index is 12.0. The highest BCUT2D eigenvalue weighted by Crippen LogP contribution is 2.21. The number of aromatic amines is 1. The first-order valence-electron chi connectivity index (χ1n) is 6.58. The first-order chi connectivity index (χ1) is 10.9. The highest BCUT2D eigenvalue weighted by Gasteiger charge is 2.13. The third kappa shape index (κ3) is 4.92. The van der Waals surface area contributed by atoms with Crippen LogP contribution in [0, 0.1) is 11.3 Å². The third-order valence-electron chi connectivity index (χ3n) is 2.76. The maximum atomic E-state index is 12.0. The molecular formula is C14H14N4O3S2. The van der Waals surface area contributed by atoms with Crippen LogP contribution in [-0.4, -0.2) is 36.9 Å². The van der Waals surface area contributed by atoms with Crippen molar-refractivity contribution < 1.29 is 8.42 Å². The first-order valence-corrected chi connectivity index (χ1v) is 9.45. The molecule has 0 bridgehead atoms. The molecule has 1 aromatic heterocycles. The number of thioether (sulfide) groups is 1. The van der Waals surface area contributed by atoms with Gasteiger partial charge in [-0.05, 0) is 0 Å². The number of rotatable bonds is 6. The van der Waals surface area contributed by atoms with Crippen molar-refractivity contribution in [3.63, 3.8) is 0 Å². The van der Waals surface area contributed by atoms with E-state index in [4.69, 9.17) is 5.26 Å². The average Bonchev–Trinajstić information content (AvgIpc) is 2.51. The summed E-state index contributed by atoms with van der Waals surface area (Å²) < 4.78 is 24.3. The number of hydrogen-bond donors (Lipinski definition) is 2. The normalized spacial score (nSPS) is 11.1. The summed E-state index contributed by atoms with van der Waals surface area (Å²) in [7, 11) is -3.25. The number of sulfonamides is 1. The molecule has 1 aromatic carbocycles.